The smallest absolute Gasteiger partial charge is 0.195 e. The molecule has 2 rings (SSSR count). The van der Waals surface area contributed by atoms with Crippen LogP contribution in [0.5, 0.6) is 0 Å². The van der Waals surface area contributed by atoms with Gasteiger partial charge in [0.1, 0.15) is 0 Å². The predicted octanol–water partition coefficient (Wildman–Crippen LogP) is 1.09. The minimum atomic E-state index is -3.67. The van der Waals surface area contributed by atoms with Gasteiger partial charge in [0.15, 0.2) is 23.8 Å². The summed E-state index contributed by atoms with van der Waals surface area (Å²) in [6.45, 7) is 1.30. The maximum Gasteiger partial charge on any atom is 0.195 e. The molecule has 0 aliphatic carbocycles. The SMILES string of the molecule is CC1(c2ccccc2)S(=O)(=O)CCCS1(=O)=O. The molecule has 94 valence electrons. The molecule has 0 aromatic heterocycles. The maximum atomic E-state index is 12.1. The van der Waals surface area contributed by atoms with Crippen LogP contribution in [-0.4, -0.2) is 28.3 Å². The highest BCUT2D eigenvalue weighted by Gasteiger charge is 2.54. The molecule has 1 fully saturated rings. The highest BCUT2D eigenvalue weighted by molar-refractivity contribution is 8.10. The van der Waals surface area contributed by atoms with Crippen molar-refractivity contribution in [3.05, 3.63) is 35.9 Å². The van der Waals surface area contributed by atoms with Gasteiger partial charge in [-0.2, -0.15) is 0 Å². The van der Waals surface area contributed by atoms with E-state index in [9.17, 15) is 16.8 Å². The van der Waals surface area contributed by atoms with Crippen molar-refractivity contribution >= 4 is 19.7 Å². The van der Waals surface area contributed by atoms with Crippen LogP contribution in [-0.2, 0) is 23.8 Å². The van der Waals surface area contributed by atoms with E-state index in [1.807, 2.05) is 0 Å². The fourth-order valence-corrected chi connectivity index (χ4v) is 7.17. The van der Waals surface area contributed by atoms with E-state index in [0.29, 0.717) is 5.56 Å². The molecular weight excluding hydrogens is 260 g/mol. The average molecular weight is 274 g/mol. The number of sulfone groups is 2. The van der Waals surface area contributed by atoms with Crippen LogP contribution in [0.1, 0.15) is 18.9 Å². The van der Waals surface area contributed by atoms with Crippen molar-refractivity contribution in [1.29, 1.82) is 0 Å². The first-order valence-electron chi connectivity index (χ1n) is 5.31. The van der Waals surface area contributed by atoms with Crippen LogP contribution < -0.4 is 0 Å². The van der Waals surface area contributed by atoms with Crippen molar-refractivity contribution in [3.63, 3.8) is 0 Å². The Morgan fingerprint density at radius 1 is 0.941 bits per heavy atom. The summed E-state index contributed by atoms with van der Waals surface area (Å²) < 4.78 is 46.8. The Balaban J connectivity index is 2.75. The Kier molecular flexibility index (Phi) is 2.82. The normalized spacial score (nSPS) is 25.2. The molecule has 0 spiro atoms. The van der Waals surface area contributed by atoms with Gasteiger partial charge in [-0.25, -0.2) is 16.8 Å². The summed E-state index contributed by atoms with van der Waals surface area (Å²) in [6, 6.07) is 8.15. The van der Waals surface area contributed by atoms with Crippen molar-refractivity contribution in [1.82, 2.24) is 0 Å². The minimum Gasteiger partial charge on any atom is -0.227 e. The second-order valence-corrected chi connectivity index (χ2v) is 9.47. The van der Waals surface area contributed by atoms with Gasteiger partial charge < -0.3 is 0 Å². The van der Waals surface area contributed by atoms with Crippen molar-refractivity contribution in [2.45, 2.75) is 17.4 Å². The molecule has 1 heterocycles. The second kappa shape index (κ2) is 3.81. The molecule has 1 saturated heterocycles. The number of benzene rings is 1. The number of hydrogen-bond acceptors (Lipinski definition) is 4. The first-order chi connectivity index (χ1) is 7.81. The van der Waals surface area contributed by atoms with Crippen molar-refractivity contribution in [2.75, 3.05) is 11.5 Å². The lowest BCUT2D eigenvalue weighted by Crippen LogP contribution is -2.47. The van der Waals surface area contributed by atoms with Crippen LogP contribution >= 0.6 is 0 Å². The molecule has 0 saturated carbocycles. The van der Waals surface area contributed by atoms with Crippen LogP contribution in [0, 0.1) is 0 Å². The topological polar surface area (TPSA) is 68.3 Å². The van der Waals surface area contributed by atoms with E-state index in [0.717, 1.165) is 0 Å². The lowest BCUT2D eigenvalue weighted by Gasteiger charge is -2.33. The zero-order chi connectivity index (χ0) is 12.7. The number of rotatable bonds is 1. The first-order valence-corrected chi connectivity index (χ1v) is 8.62. The van der Waals surface area contributed by atoms with Crippen LogP contribution in [0.4, 0.5) is 0 Å². The Labute approximate surface area is 102 Å². The fourth-order valence-electron chi connectivity index (χ4n) is 2.12. The summed E-state index contributed by atoms with van der Waals surface area (Å²) >= 11 is 0. The van der Waals surface area contributed by atoms with E-state index in [2.05, 4.69) is 0 Å². The van der Waals surface area contributed by atoms with Gasteiger partial charge in [-0.3, -0.25) is 0 Å². The van der Waals surface area contributed by atoms with Crippen LogP contribution in [0.3, 0.4) is 0 Å². The Morgan fingerprint density at radius 2 is 1.41 bits per heavy atom. The standard InChI is InChI=1S/C11H14O4S2/c1-11(10-6-3-2-4-7-10)16(12,13)8-5-9-17(11,14)15/h2-4,6-7H,5,8-9H2,1H3. The second-order valence-electron chi connectivity index (χ2n) is 4.30. The summed E-state index contributed by atoms with van der Waals surface area (Å²) in [4.78, 5) is 0. The van der Waals surface area contributed by atoms with Gasteiger partial charge in [0.25, 0.3) is 0 Å². The van der Waals surface area contributed by atoms with E-state index < -0.39 is 23.8 Å². The summed E-state index contributed by atoms with van der Waals surface area (Å²) in [6.07, 6.45) is 0.188. The van der Waals surface area contributed by atoms with E-state index in [-0.39, 0.29) is 17.9 Å². The van der Waals surface area contributed by atoms with Gasteiger partial charge in [0, 0.05) is 0 Å². The largest absolute Gasteiger partial charge is 0.227 e. The van der Waals surface area contributed by atoms with Gasteiger partial charge in [0.2, 0.25) is 0 Å². The molecule has 1 aromatic carbocycles. The van der Waals surface area contributed by atoms with E-state index in [4.69, 9.17) is 0 Å². The van der Waals surface area contributed by atoms with Crippen molar-refractivity contribution in [3.8, 4) is 0 Å². The van der Waals surface area contributed by atoms with Crippen LogP contribution in [0.15, 0.2) is 30.3 Å². The zero-order valence-corrected chi connectivity index (χ0v) is 11.1. The van der Waals surface area contributed by atoms with Gasteiger partial charge in [-0.05, 0) is 18.9 Å². The summed E-state index contributed by atoms with van der Waals surface area (Å²) in [5.74, 6) is -0.144. The molecule has 0 atom stereocenters. The van der Waals surface area contributed by atoms with Crippen molar-refractivity contribution in [2.24, 2.45) is 0 Å². The molecule has 0 unspecified atom stereocenters. The highest BCUT2D eigenvalue weighted by atomic mass is 32.3. The monoisotopic (exact) mass is 274 g/mol. The first kappa shape index (κ1) is 12.6. The number of hydrogen-bond donors (Lipinski definition) is 0. The molecule has 1 aliphatic heterocycles. The lowest BCUT2D eigenvalue weighted by atomic mass is 10.2. The fraction of sp³-hybridized carbons (Fsp3) is 0.455. The molecule has 4 nitrogen and oxygen atoms in total. The third-order valence-corrected chi connectivity index (χ3v) is 9.33. The molecule has 0 amide bonds. The van der Waals surface area contributed by atoms with E-state index in [1.165, 1.54) is 6.92 Å². The summed E-state index contributed by atoms with van der Waals surface area (Å²) in [5, 5.41) is 0. The molecule has 1 aromatic rings. The quantitative estimate of drug-likeness (QED) is 0.769. The molecule has 6 heteroatoms. The van der Waals surface area contributed by atoms with Gasteiger partial charge in [-0.1, -0.05) is 30.3 Å². The van der Waals surface area contributed by atoms with Crippen LogP contribution in [0.2, 0.25) is 0 Å². The Morgan fingerprint density at radius 3 is 1.88 bits per heavy atom. The van der Waals surface area contributed by atoms with E-state index >= 15 is 0 Å². The van der Waals surface area contributed by atoms with E-state index in [1.54, 1.807) is 30.3 Å². The molecule has 0 N–H and O–H groups in total. The summed E-state index contributed by atoms with van der Waals surface area (Å²) in [5.41, 5.74) is 0.333. The third kappa shape index (κ3) is 1.70. The molecule has 17 heavy (non-hydrogen) atoms. The van der Waals surface area contributed by atoms with Crippen LogP contribution in [0.25, 0.3) is 0 Å². The molecule has 1 aliphatic rings. The third-order valence-electron chi connectivity index (χ3n) is 3.31. The molecule has 0 radical (unpaired) electrons. The van der Waals surface area contributed by atoms with Gasteiger partial charge in [0.05, 0.1) is 11.5 Å². The van der Waals surface area contributed by atoms with Crippen molar-refractivity contribution < 1.29 is 16.8 Å². The molecular formula is C11H14O4S2. The zero-order valence-electron chi connectivity index (χ0n) is 9.46. The Hall–Kier alpha value is -0.880. The average Bonchev–Trinajstić information content (AvgIpc) is 2.26. The highest BCUT2D eigenvalue weighted by Crippen LogP contribution is 2.40. The maximum absolute atomic E-state index is 12.1. The summed E-state index contributed by atoms with van der Waals surface area (Å²) in [7, 11) is -7.34. The lowest BCUT2D eigenvalue weighted by molar-refractivity contribution is 0.542. The van der Waals surface area contributed by atoms with Gasteiger partial charge >= 0.3 is 0 Å². The molecule has 0 bridgehead atoms. The predicted molar refractivity (Wildman–Crippen MR) is 66.0 cm³/mol. The minimum absolute atomic E-state index is 0.0718. The Bertz CT molecular complexity index is 581. The van der Waals surface area contributed by atoms with Gasteiger partial charge in [-0.15, -0.1) is 0 Å².